The van der Waals surface area contributed by atoms with Crippen molar-refractivity contribution >= 4 is 7.87 Å². The Bertz CT molecular complexity index is 189. The zero-order valence-corrected chi connectivity index (χ0v) is 8.79. The van der Waals surface area contributed by atoms with Crippen LogP contribution in [0, 0.1) is 0 Å². The standard InChI is InChI=1S/C8H16N4P/c1-2-10-5-6-12-8-7-11-4-3-9(1)13(10,11)12/h1-8H2/q+1. The van der Waals surface area contributed by atoms with Crippen LogP contribution in [0.15, 0.2) is 0 Å². The summed E-state index contributed by atoms with van der Waals surface area (Å²) in [7, 11) is -1.01. The van der Waals surface area contributed by atoms with E-state index in [1.54, 1.807) is 0 Å². The highest BCUT2D eigenvalue weighted by Gasteiger charge is 2.73. The van der Waals surface area contributed by atoms with Gasteiger partial charge in [-0.3, -0.25) is 0 Å². The molecular weight excluding hydrogens is 183 g/mol. The Morgan fingerprint density at radius 3 is 0.923 bits per heavy atom. The van der Waals surface area contributed by atoms with Gasteiger partial charge >= 0.3 is 7.87 Å². The molecule has 4 nitrogen and oxygen atoms in total. The van der Waals surface area contributed by atoms with E-state index in [1.165, 1.54) is 52.4 Å². The van der Waals surface area contributed by atoms with Crippen LogP contribution in [-0.2, 0) is 0 Å². The maximum absolute atomic E-state index is 2.78. The first kappa shape index (κ1) is 7.55. The minimum absolute atomic E-state index is 1.01. The molecule has 4 aliphatic rings. The van der Waals surface area contributed by atoms with E-state index in [0.29, 0.717) is 0 Å². The van der Waals surface area contributed by atoms with E-state index in [9.17, 15) is 0 Å². The maximum Gasteiger partial charge on any atom is 0.308 e. The summed E-state index contributed by atoms with van der Waals surface area (Å²) in [6, 6.07) is 0. The van der Waals surface area contributed by atoms with Crippen molar-refractivity contribution in [1.82, 2.24) is 18.7 Å². The first-order valence-corrected chi connectivity index (χ1v) is 6.93. The molecule has 0 aliphatic carbocycles. The molecule has 1 spiro atoms. The van der Waals surface area contributed by atoms with Crippen LogP contribution < -0.4 is 0 Å². The molecule has 5 heteroatoms. The van der Waals surface area contributed by atoms with Gasteiger partial charge in [0.15, 0.2) is 0 Å². The van der Waals surface area contributed by atoms with Crippen molar-refractivity contribution in [2.24, 2.45) is 0 Å². The van der Waals surface area contributed by atoms with Crippen molar-refractivity contribution in [1.29, 1.82) is 0 Å². The lowest BCUT2D eigenvalue weighted by Crippen LogP contribution is -2.26. The Morgan fingerprint density at radius 1 is 0.462 bits per heavy atom. The largest absolute Gasteiger partial charge is 0.308 e. The van der Waals surface area contributed by atoms with E-state index in [0.717, 1.165) is 0 Å². The molecule has 0 atom stereocenters. The molecule has 0 radical (unpaired) electrons. The van der Waals surface area contributed by atoms with Gasteiger partial charge < -0.3 is 0 Å². The van der Waals surface area contributed by atoms with E-state index in [1.807, 2.05) is 0 Å². The molecule has 4 rings (SSSR count). The topological polar surface area (TPSA) is 13.0 Å². The van der Waals surface area contributed by atoms with Gasteiger partial charge in [-0.15, -0.1) is 18.7 Å². The Labute approximate surface area is 79.6 Å². The predicted molar refractivity (Wildman–Crippen MR) is 53.2 cm³/mol. The molecule has 0 N–H and O–H groups in total. The molecule has 4 saturated heterocycles. The first-order valence-electron chi connectivity index (χ1n) is 5.33. The smallest absolute Gasteiger partial charge is 0.130 e. The highest BCUT2D eigenvalue weighted by atomic mass is 31.2. The number of hydrogen-bond donors (Lipinski definition) is 0. The van der Waals surface area contributed by atoms with Gasteiger partial charge in [0.25, 0.3) is 0 Å². The van der Waals surface area contributed by atoms with E-state index in [2.05, 4.69) is 18.7 Å². The molecule has 4 aliphatic heterocycles. The third-order valence-electron chi connectivity index (χ3n) is 3.98. The van der Waals surface area contributed by atoms with Gasteiger partial charge in [0.1, 0.15) is 0 Å². The fourth-order valence-electron chi connectivity index (χ4n) is 3.52. The normalized spacial score (nSPS) is 38.8. The highest BCUT2D eigenvalue weighted by Crippen LogP contribution is 2.78. The molecule has 4 fully saturated rings. The third-order valence-corrected chi connectivity index (χ3v) is 8.62. The summed E-state index contributed by atoms with van der Waals surface area (Å²) < 4.78 is 11.1. The Kier molecular flexibility index (Phi) is 1.31. The van der Waals surface area contributed by atoms with Gasteiger partial charge in [-0.2, -0.15) is 0 Å². The van der Waals surface area contributed by atoms with Gasteiger partial charge in [0.05, 0.1) is 52.4 Å². The van der Waals surface area contributed by atoms with Gasteiger partial charge in [0, 0.05) is 0 Å². The average molecular weight is 199 g/mol. The number of nitrogens with zero attached hydrogens (tertiary/aromatic N) is 4. The molecular formula is C8H16N4P+. The molecule has 72 valence electrons. The lowest BCUT2D eigenvalue weighted by atomic mass is 10.4. The summed E-state index contributed by atoms with van der Waals surface area (Å²) in [6.45, 7) is 10.7. The first-order chi connectivity index (χ1) is 6.42. The minimum Gasteiger partial charge on any atom is -0.130 e. The second-order valence-corrected chi connectivity index (χ2v) is 7.69. The van der Waals surface area contributed by atoms with Crippen LogP contribution in [-0.4, -0.2) is 71.0 Å². The summed E-state index contributed by atoms with van der Waals surface area (Å²) in [6.07, 6.45) is 0. The average Bonchev–Trinajstić information content (AvgIpc) is 2.68. The van der Waals surface area contributed by atoms with Crippen molar-refractivity contribution < 1.29 is 0 Å². The summed E-state index contributed by atoms with van der Waals surface area (Å²) >= 11 is 0. The predicted octanol–water partition coefficient (Wildman–Crippen LogP) is -0.0736. The summed E-state index contributed by atoms with van der Waals surface area (Å²) in [5, 5.41) is 0. The molecule has 0 aromatic carbocycles. The number of hydrogen-bond acceptors (Lipinski definition) is 4. The Balaban J connectivity index is 1.88. The highest BCUT2D eigenvalue weighted by molar-refractivity contribution is 7.67. The van der Waals surface area contributed by atoms with Crippen LogP contribution in [0.25, 0.3) is 0 Å². The van der Waals surface area contributed by atoms with E-state index in [4.69, 9.17) is 0 Å². The van der Waals surface area contributed by atoms with Crippen LogP contribution in [0.3, 0.4) is 0 Å². The summed E-state index contributed by atoms with van der Waals surface area (Å²) in [5.74, 6) is 0. The Hall–Kier alpha value is 0.270. The van der Waals surface area contributed by atoms with Gasteiger partial charge in [-0.05, 0) is 0 Å². The summed E-state index contributed by atoms with van der Waals surface area (Å²) in [5.41, 5.74) is 0. The Morgan fingerprint density at radius 2 is 0.692 bits per heavy atom. The van der Waals surface area contributed by atoms with Crippen molar-refractivity contribution in [2.75, 3.05) is 52.4 Å². The monoisotopic (exact) mass is 199 g/mol. The lowest BCUT2D eigenvalue weighted by Gasteiger charge is -2.28. The molecule has 4 heterocycles. The molecule has 13 heavy (non-hydrogen) atoms. The molecule has 0 bridgehead atoms. The molecule has 0 aromatic heterocycles. The molecule has 0 saturated carbocycles. The maximum atomic E-state index is 2.78. The van der Waals surface area contributed by atoms with Gasteiger partial charge in [-0.25, -0.2) is 0 Å². The fourth-order valence-corrected chi connectivity index (χ4v) is 8.53. The van der Waals surface area contributed by atoms with Crippen molar-refractivity contribution in [3.8, 4) is 0 Å². The van der Waals surface area contributed by atoms with Crippen LogP contribution in [0.4, 0.5) is 0 Å². The van der Waals surface area contributed by atoms with E-state index < -0.39 is 7.87 Å². The van der Waals surface area contributed by atoms with Gasteiger partial charge in [-0.1, -0.05) is 0 Å². The van der Waals surface area contributed by atoms with Crippen molar-refractivity contribution in [2.45, 2.75) is 0 Å². The molecule has 0 amide bonds. The quantitative estimate of drug-likeness (QED) is 0.506. The van der Waals surface area contributed by atoms with E-state index in [-0.39, 0.29) is 0 Å². The second-order valence-electron chi connectivity index (χ2n) is 4.35. The van der Waals surface area contributed by atoms with E-state index >= 15 is 0 Å². The van der Waals surface area contributed by atoms with Crippen molar-refractivity contribution in [3.63, 3.8) is 0 Å². The zero-order chi connectivity index (χ0) is 8.47. The van der Waals surface area contributed by atoms with Crippen molar-refractivity contribution in [3.05, 3.63) is 0 Å². The summed E-state index contributed by atoms with van der Waals surface area (Å²) in [4.78, 5) is 0. The van der Waals surface area contributed by atoms with Crippen LogP contribution >= 0.6 is 7.87 Å². The minimum atomic E-state index is -1.01. The fraction of sp³-hybridized carbons (Fsp3) is 1.00. The SMILES string of the molecule is C1CN2CCN3CCN4CCN1[P+]243. The third kappa shape index (κ3) is 0.660. The molecule has 0 unspecified atom stereocenters. The second kappa shape index (κ2) is 2.26. The number of rotatable bonds is 0. The lowest BCUT2D eigenvalue weighted by molar-refractivity contribution is 0.382. The molecule has 0 aromatic rings. The zero-order valence-electron chi connectivity index (χ0n) is 7.89. The van der Waals surface area contributed by atoms with Crippen LogP contribution in [0.5, 0.6) is 0 Å². The van der Waals surface area contributed by atoms with Crippen LogP contribution in [0.1, 0.15) is 0 Å². The van der Waals surface area contributed by atoms with Gasteiger partial charge in [0.2, 0.25) is 0 Å². The van der Waals surface area contributed by atoms with Crippen LogP contribution in [0.2, 0.25) is 0 Å².